The van der Waals surface area contributed by atoms with Gasteiger partial charge in [0, 0.05) is 18.0 Å². The van der Waals surface area contributed by atoms with Gasteiger partial charge in [-0.05, 0) is 75.1 Å². The van der Waals surface area contributed by atoms with Gasteiger partial charge in [-0.2, -0.15) is 0 Å². The lowest BCUT2D eigenvalue weighted by Gasteiger charge is -2.18. The molecule has 2 N–H and O–H groups in total. The maximum Gasteiger partial charge on any atom is 0.149 e. The van der Waals surface area contributed by atoms with E-state index in [1.807, 2.05) is 6.08 Å². The Morgan fingerprint density at radius 3 is 2.54 bits per heavy atom. The van der Waals surface area contributed by atoms with Crippen LogP contribution in [0.2, 0.25) is 0 Å². The molecule has 1 saturated heterocycles. The van der Waals surface area contributed by atoms with E-state index in [2.05, 4.69) is 68.8 Å². The molecule has 1 unspecified atom stereocenters. The lowest BCUT2D eigenvalue weighted by molar-refractivity contribution is 0.331. The van der Waals surface area contributed by atoms with Gasteiger partial charge < -0.3 is 5.73 Å². The van der Waals surface area contributed by atoms with Crippen LogP contribution in [0.1, 0.15) is 67.5 Å². The molecule has 0 bridgehead atoms. The number of aryl methyl sites for hydroxylation is 1. The van der Waals surface area contributed by atoms with Gasteiger partial charge >= 0.3 is 0 Å². The second-order valence-corrected chi connectivity index (χ2v) is 10.4. The summed E-state index contributed by atoms with van der Waals surface area (Å²) in [5.41, 5.74) is 13.3. The summed E-state index contributed by atoms with van der Waals surface area (Å²) in [5, 5.41) is 1.09. The molecular formula is C30H42N4S. The number of unbranched alkanes of at least 4 members (excludes halogenated alkanes) is 1. The number of likely N-dealkylation sites (tertiary alicyclic amines) is 1. The Morgan fingerprint density at radius 1 is 1.23 bits per heavy atom. The van der Waals surface area contributed by atoms with E-state index in [4.69, 9.17) is 15.7 Å². The van der Waals surface area contributed by atoms with Crippen LogP contribution in [-0.4, -0.2) is 34.3 Å². The quantitative estimate of drug-likeness (QED) is 0.203. The highest BCUT2D eigenvalue weighted by Crippen LogP contribution is 2.33. The molecule has 2 aromatic rings. The van der Waals surface area contributed by atoms with E-state index in [0.717, 1.165) is 59.8 Å². The SMILES string of the molecule is C=C/C=C\c1c(CCCC)nc(N)c(N=C(SC)C(C)Cc2ccc(CN3CCCC3)cc2)c1C. The number of nitrogens with zero attached hydrogens (tertiary/aromatic N) is 3. The lowest BCUT2D eigenvalue weighted by Crippen LogP contribution is -2.18. The summed E-state index contributed by atoms with van der Waals surface area (Å²) in [7, 11) is 0. The zero-order valence-corrected chi connectivity index (χ0v) is 22.8. The van der Waals surface area contributed by atoms with Crippen molar-refractivity contribution in [2.45, 2.75) is 65.8 Å². The number of aromatic nitrogens is 1. The minimum Gasteiger partial charge on any atom is -0.382 e. The Kier molecular flexibility index (Phi) is 10.6. The van der Waals surface area contributed by atoms with E-state index in [-0.39, 0.29) is 0 Å². The molecule has 1 aromatic carbocycles. The third-order valence-electron chi connectivity index (χ3n) is 6.76. The highest BCUT2D eigenvalue weighted by molar-refractivity contribution is 8.13. The first kappa shape index (κ1) is 27.2. The van der Waals surface area contributed by atoms with Crippen LogP contribution in [0, 0.1) is 12.8 Å². The maximum atomic E-state index is 6.46. The molecule has 3 rings (SSSR count). The summed E-state index contributed by atoms with van der Waals surface area (Å²) in [6.07, 6.45) is 14.7. The number of anilines is 1. The molecule has 0 saturated carbocycles. The number of hydrogen-bond donors (Lipinski definition) is 1. The zero-order valence-electron chi connectivity index (χ0n) is 22.0. The molecule has 1 aliphatic rings. The van der Waals surface area contributed by atoms with Crippen LogP contribution in [0.25, 0.3) is 6.08 Å². The van der Waals surface area contributed by atoms with Crippen LogP contribution in [0.15, 0.2) is 48.0 Å². The summed E-state index contributed by atoms with van der Waals surface area (Å²) < 4.78 is 0. The van der Waals surface area contributed by atoms with Gasteiger partial charge in [-0.15, -0.1) is 11.8 Å². The van der Waals surface area contributed by atoms with Gasteiger partial charge in [0.1, 0.15) is 11.5 Å². The number of benzene rings is 1. The van der Waals surface area contributed by atoms with Crippen LogP contribution in [-0.2, 0) is 19.4 Å². The van der Waals surface area contributed by atoms with Gasteiger partial charge in [-0.1, -0.05) is 69.3 Å². The molecule has 1 atom stereocenters. The summed E-state index contributed by atoms with van der Waals surface area (Å²) in [5.74, 6) is 0.814. The second kappa shape index (κ2) is 13.6. The Hall–Kier alpha value is -2.37. The van der Waals surface area contributed by atoms with E-state index in [1.165, 1.54) is 37.1 Å². The number of hydrogen-bond acceptors (Lipinski definition) is 5. The summed E-state index contributed by atoms with van der Waals surface area (Å²) in [6, 6.07) is 9.13. The van der Waals surface area contributed by atoms with Gasteiger partial charge in [0.15, 0.2) is 0 Å². The minimum atomic E-state index is 0.292. The molecule has 0 radical (unpaired) electrons. The van der Waals surface area contributed by atoms with Gasteiger partial charge in [0.05, 0.1) is 10.7 Å². The van der Waals surface area contributed by atoms with Crippen LogP contribution >= 0.6 is 11.8 Å². The molecule has 1 fully saturated rings. The van der Waals surface area contributed by atoms with Crippen molar-refractivity contribution < 1.29 is 0 Å². The summed E-state index contributed by atoms with van der Waals surface area (Å²) in [6.45, 7) is 13.9. The summed E-state index contributed by atoms with van der Waals surface area (Å²) >= 11 is 1.70. The Morgan fingerprint density at radius 2 is 1.91 bits per heavy atom. The van der Waals surface area contributed by atoms with Gasteiger partial charge in [-0.3, -0.25) is 4.90 Å². The van der Waals surface area contributed by atoms with Crippen LogP contribution < -0.4 is 5.73 Å². The van der Waals surface area contributed by atoms with Crippen molar-refractivity contribution in [2.24, 2.45) is 10.9 Å². The van der Waals surface area contributed by atoms with Crippen molar-refractivity contribution in [3.8, 4) is 0 Å². The van der Waals surface area contributed by atoms with Gasteiger partial charge in [0.2, 0.25) is 0 Å². The van der Waals surface area contributed by atoms with Crippen molar-refractivity contribution in [3.63, 3.8) is 0 Å². The largest absolute Gasteiger partial charge is 0.382 e. The standard InChI is InChI=1S/C30H42N4S/c1-6-8-12-26-23(4)28(29(31)32-27(26)13-9-7-2)33-30(35-5)22(3)20-24-14-16-25(17-15-24)21-34-18-10-11-19-34/h6,8,12,14-17,22H,1,7,9-11,13,18-21H2,2-5H3,(H2,31,32)/b12-8-,33-30?. The van der Waals surface area contributed by atoms with Crippen LogP contribution in [0.4, 0.5) is 11.5 Å². The summed E-state index contributed by atoms with van der Waals surface area (Å²) in [4.78, 5) is 12.4. The highest BCUT2D eigenvalue weighted by atomic mass is 32.2. The molecule has 188 valence electrons. The van der Waals surface area contributed by atoms with E-state index < -0.39 is 0 Å². The first-order valence-corrected chi connectivity index (χ1v) is 14.2. The predicted octanol–water partition coefficient (Wildman–Crippen LogP) is 7.38. The molecule has 2 heterocycles. The van der Waals surface area contributed by atoms with Crippen LogP contribution in [0.5, 0.6) is 0 Å². The Balaban J connectivity index is 1.80. The molecule has 0 aliphatic carbocycles. The predicted molar refractivity (Wildman–Crippen MR) is 156 cm³/mol. The number of nitrogen functional groups attached to an aromatic ring is 1. The number of rotatable bonds is 11. The number of pyridine rings is 1. The monoisotopic (exact) mass is 490 g/mol. The topological polar surface area (TPSA) is 54.5 Å². The molecular weight excluding hydrogens is 448 g/mol. The Bertz CT molecular complexity index is 1030. The molecule has 4 nitrogen and oxygen atoms in total. The van der Waals surface area contributed by atoms with Crippen molar-refractivity contribution in [3.05, 3.63) is 70.9 Å². The van der Waals surface area contributed by atoms with E-state index in [1.54, 1.807) is 17.8 Å². The van der Waals surface area contributed by atoms with Crippen molar-refractivity contribution in [2.75, 3.05) is 25.1 Å². The first-order valence-electron chi connectivity index (χ1n) is 13.0. The normalized spacial score (nSPS) is 15.7. The lowest BCUT2D eigenvalue weighted by atomic mass is 9.99. The number of allylic oxidation sites excluding steroid dienone is 2. The van der Waals surface area contributed by atoms with Crippen molar-refractivity contribution >= 4 is 34.4 Å². The van der Waals surface area contributed by atoms with E-state index in [9.17, 15) is 0 Å². The molecule has 1 aromatic heterocycles. The number of nitrogens with two attached hydrogens (primary N) is 1. The van der Waals surface area contributed by atoms with E-state index in [0.29, 0.717) is 11.7 Å². The van der Waals surface area contributed by atoms with Gasteiger partial charge in [0.25, 0.3) is 0 Å². The third-order valence-corrected chi connectivity index (χ3v) is 7.67. The minimum absolute atomic E-state index is 0.292. The number of aliphatic imine (C=N–C) groups is 1. The number of thioether (sulfide) groups is 1. The smallest absolute Gasteiger partial charge is 0.149 e. The fourth-order valence-electron chi connectivity index (χ4n) is 4.74. The molecule has 1 aliphatic heterocycles. The van der Waals surface area contributed by atoms with Crippen LogP contribution in [0.3, 0.4) is 0 Å². The zero-order chi connectivity index (χ0) is 25.2. The molecule has 35 heavy (non-hydrogen) atoms. The fraction of sp³-hybridized carbons (Fsp3) is 0.467. The average Bonchev–Trinajstić information content (AvgIpc) is 3.36. The second-order valence-electron chi connectivity index (χ2n) is 9.59. The molecule has 0 amide bonds. The highest BCUT2D eigenvalue weighted by Gasteiger charge is 2.17. The van der Waals surface area contributed by atoms with Crippen molar-refractivity contribution in [1.82, 2.24) is 9.88 Å². The van der Waals surface area contributed by atoms with E-state index >= 15 is 0 Å². The van der Waals surface area contributed by atoms with Gasteiger partial charge in [-0.25, -0.2) is 9.98 Å². The molecule has 5 heteroatoms. The third kappa shape index (κ3) is 7.55. The average molecular weight is 491 g/mol. The first-order chi connectivity index (χ1) is 17.0. The maximum absolute atomic E-state index is 6.46. The fourth-order valence-corrected chi connectivity index (χ4v) is 5.41. The molecule has 0 spiro atoms. The Labute approximate surface area is 216 Å². The van der Waals surface area contributed by atoms with Crippen molar-refractivity contribution in [1.29, 1.82) is 0 Å².